The molecule has 114 valence electrons. The molecule has 1 aromatic rings. The van der Waals surface area contributed by atoms with Gasteiger partial charge < -0.3 is 4.90 Å². The van der Waals surface area contributed by atoms with Crippen LogP contribution in [0.5, 0.6) is 0 Å². The predicted molar refractivity (Wildman–Crippen MR) is 75.5 cm³/mol. The Morgan fingerprint density at radius 2 is 2.10 bits per heavy atom. The molecule has 0 fully saturated rings. The molecule has 1 amide bonds. The summed E-state index contributed by atoms with van der Waals surface area (Å²) in [6.45, 7) is 3.85. The van der Waals surface area contributed by atoms with Gasteiger partial charge in [0.05, 0.1) is 23.1 Å². The number of carbonyl (C=O) groups is 1. The first-order valence-corrected chi connectivity index (χ1v) is 7.05. The quantitative estimate of drug-likeness (QED) is 0.809. The van der Waals surface area contributed by atoms with Crippen LogP contribution >= 0.6 is 15.9 Å². The first-order chi connectivity index (χ1) is 9.70. The maximum absolute atomic E-state index is 12.7. The Kier molecular flexibility index (Phi) is 5.78. The van der Waals surface area contributed by atoms with Crippen molar-refractivity contribution in [3.05, 3.63) is 33.8 Å². The van der Waals surface area contributed by atoms with Crippen LogP contribution in [0.4, 0.5) is 13.2 Å². The number of hydrogen-bond acceptors (Lipinski definition) is 2. The molecule has 0 radical (unpaired) electrons. The fourth-order valence-corrected chi connectivity index (χ4v) is 2.18. The van der Waals surface area contributed by atoms with E-state index < -0.39 is 23.6 Å². The normalized spacial score (nSPS) is 12.6. The highest BCUT2D eigenvalue weighted by Gasteiger charge is 2.32. The van der Waals surface area contributed by atoms with E-state index in [1.807, 2.05) is 6.07 Å². The summed E-state index contributed by atoms with van der Waals surface area (Å²) in [5.41, 5.74) is -0.935. The van der Waals surface area contributed by atoms with Crippen molar-refractivity contribution in [1.82, 2.24) is 4.90 Å². The van der Waals surface area contributed by atoms with E-state index in [1.54, 1.807) is 13.8 Å². The van der Waals surface area contributed by atoms with Crippen molar-refractivity contribution in [2.45, 2.75) is 20.0 Å². The van der Waals surface area contributed by atoms with Crippen molar-refractivity contribution >= 4 is 21.8 Å². The minimum atomic E-state index is -4.51. The molecule has 0 aliphatic rings. The van der Waals surface area contributed by atoms with E-state index in [-0.39, 0.29) is 12.1 Å². The van der Waals surface area contributed by atoms with Gasteiger partial charge in [-0.25, -0.2) is 0 Å². The topological polar surface area (TPSA) is 44.1 Å². The number of rotatable bonds is 4. The highest BCUT2D eigenvalue weighted by Crippen LogP contribution is 2.32. The van der Waals surface area contributed by atoms with E-state index in [1.165, 1.54) is 11.0 Å². The molecule has 0 N–H and O–H groups in total. The first kappa shape index (κ1) is 17.5. The smallest absolute Gasteiger partial charge is 0.338 e. The van der Waals surface area contributed by atoms with Gasteiger partial charge in [-0.3, -0.25) is 4.79 Å². The molecular weight excluding hydrogens is 349 g/mol. The van der Waals surface area contributed by atoms with E-state index >= 15 is 0 Å². The van der Waals surface area contributed by atoms with Gasteiger partial charge in [-0.05, 0) is 48.0 Å². The summed E-state index contributed by atoms with van der Waals surface area (Å²) in [5, 5.41) is 8.79. The Morgan fingerprint density at radius 1 is 1.48 bits per heavy atom. The van der Waals surface area contributed by atoms with Gasteiger partial charge in [-0.15, -0.1) is 0 Å². The van der Waals surface area contributed by atoms with Crippen LogP contribution in [0.1, 0.15) is 29.8 Å². The fraction of sp³-hybridized carbons (Fsp3) is 0.429. The zero-order valence-electron chi connectivity index (χ0n) is 11.5. The standard InChI is InChI=1S/C14H14BrF3N2O/c1-3-20(8-9(2)7-19)13(21)11-6-10(14(16,17)18)4-5-12(11)15/h4-6,9H,3,8H2,1-2H3. The Hall–Kier alpha value is -1.55. The molecule has 0 aliphatic carbocycles. The summed E-state index contributed by atoms with van der Waals surface area (Å²) in [4.78, 5) is 13.7. The van der Waals surface area contributed by atoms with Crippen LogP contribution in [-0.2, 0) is 6.18 Å². The molecule has 0 heterocycles. The van der Waals surface area contributed by atoms with Crippen LogP contribution < -0.4 is 0 Å². The van der Waals surface area contributed by atoms with Crippen LogP contribution in [0.25, 0.3) is 0 Å². The monoisotopic (exact) mass is 362 g/mol. The van der Waals surface area contributed by atoms with Crippen molar-refractivity contribution in [3.8, 4) is 6.07 Å². The van der Waals surface area contributed by atoms with Gasteiger partial charge in [-0.1, -0.05) is 0 Å². The van der Waals surface area contributed by atoms with Crippen LogP contribution in [0.2, 0.25) is 0 Å². The summed E-state index contributed by atoms with van der Waals surface area (Å²) in [6.07, 6.45) is -4.51. The Bertz CT molecular complexity index is 566. The third kappa shape index (κ3) is 4.46. The van der Waals surface area contributed by atoms with Crippen LogP contribution in [0.15, 0.2) is 22.7 Å². The molecule has 0 spiro atoms. The molecule has 0 bridgehead atoms. The van der Waals surface area contributed by atoms with Crippen LogP contribution in [-0.4, -0.2) is 23.9 Å². The highest BCUT2D eigenvalue weighted by molar-refractivity contribution is 9.10. The number of hydrogen-bond donors (Lipinski definition) is 0. The number of carbonyl (C=O) groups excluding carboxylic acids is 1. The van der Waals surface area contributed by atoms with Gasteiger partial charge in [0.1, 0.15) is 0 Å². The average Bonchev–Trinajstić information content (AvgIpc) is 2.42. The number of alkyl halides is 3. The fourth-order valence-electron chi connectivity index (χ4n) is 1.76. The van der Waals surface area contributed by atoms with Crippen molar-refractivity contribution < 1.29 is 18.0 Å². The van der Waals surface area contributed by atoms with Crippen molar-refractivity contribution in [1.29, 1.82) is 5.26 Å². The lowest BCUT2D eigenvalue weighted by Gasteiger charge is -2.23. The van der Waals surface area contributed by atoms with Gasteiger partial charge in [0, 0.05) is 17.6 Å². The molecule has 3 nitrogen and oxygen atoms in total. The SMILES string of the molecule is CCN(CC(C)C#N)C(=O)c1cc(C(F)(F)F)ccc1Br. The van der Waals surface area contributed by atoms with Crippen molar-refractivity contribution in [3.63, 3.8) is 0 Å². The third-order valence-electron chi connectivity index (χ3n) is 2.91. The molecule has 0 saturated carbocycles. The van der Waals surface area contributed by atoms with Gasteiger partial charge >= 0.3 is 6.18 Å². The lowest BCUT2D eigenvalue weighted by Crippen LogP contribution is -2.34. The van der Waals surface area contributed by atoms with Gasteiger partial charge in [0.25, 0.3) is 5.91 Å². The maximum Gasteiger partial charge on any atom is 0.416 e. The molecule has 7 heteroatoms. The second-order valence-corrected chi connectivity index (χ2v) is 5.42. The third-order valence-corrected chi connectivity index (χ3v) is 3.60. The summed E-state index contributed by atoms with van der Waals surface area (Å²) < 4.78 is 38.5. The summed E-state index contributed by atoms with van der Waals surface area (Å²) >= 11 is 3.10. The Morgan fingerprint density at radius 3 is 2.57 bits per heavy atom. The summed E-state index contributed by atoms with van der Waals surface area (Å²) in [5.74, 6) is -0.920. The minimum Gasteiger partial charge on any atom is -0.338 e. The number of halogens is 4. The Balaban J connectivity index is 3.13. The zero-order valence-corrected chi connectivity index (χ0v) is 13.1. The summed E-state index contributed by atoms with van der Waals surface area (Å²) in [7, 11) is 0. The van der Waals surface area contributed by atoms with Gasteiger partial charge in [-0.2, -0.15) is 18.4 Å². The predicted octanol–water partition coefficient (Wildman–Crippen LogP) is 4.09. The minimum absolute atomic E-state index is 0.0585. The number of nitrogens with zero attached hydrogens (tertiary/aromatic N) is 2. The number of benzene rings is 1. The van der Waals surface area contributed by atoms with E-state index in [0.29, 0.717) is 11.0 Å². The molecule has 0 saturated heterocycles. The van der Waals surface area contributed by atoms with Crippen LogP contribution in [0.3, 0.4) is 0 Å². The second-order valence-electron chi connectivity index (χ2n) is 4.57. The van der Waals surface area contributed by atoms with E-state index in [0.717, 1.165) is 12.1 Å². The molecule has 0 aromatic heterocycles. The molecule has 1 atom stereocenters. The molecular formula is C14H14BrF3N2O. The van der Waals surface area contributed by atoms with Gasteiger partial charge in [0.2, 0.25) is 0 Å². The molecule has 21 heavy (non-hydrogen) atoms. The van der Waals surface area contributed by atoms with Gasteiger partial charge in [0.15, 0.2) is 0 Å². The lowest BCUT2D eigenvalue weighted by molar-refractivity contribution is -0.137. The molecule has 1 unspecified atom stereocenters. The Labute approximate surface area is 129 Å². The lowest BCUT2D eigenvalue weighted by atomic mass is 10.1. The van der Waals surface area contributed by atoms with Crippen molar-refractivity contribution in [2.75, 3.05) is 13.1 Å². The zero-order chi connectivity index (χ0) is 16.2. The largest absolute Gasteiger partial charge is 0.416 e. The molecule has 1 aromatic carbocycles. The first-order valence-electron chi connectivity index (χ1n) is 6.26. The van der Waals surface area contributed by atoms with E-state index in [2.05, 4.69) is 15.9 Å². The second kappa shape index (κ2) is 6.94. The maximum atomic E-state index is 12.7. The molecule has 0 aliphatic heterocycles. The molecule has 1 rings (SSSR count). The highest BCUT2D eigenvalue weighted by atomic mass is 79.9. The van der Waals surface area contributed by atoms with E-state index in [4.69, 9.17) is 5.26 Å². The van der Waals surface area contributed by atoms with Crippen molar-refractivity contribution in [2.24, 2.45) is 5.92 Å². The summed E-state index contributed by atoms with van der Waals surface area (Å²) in [6, 6.07) is 4.94. The average molecular weight is 363 g/mol. The van der Waals surface area contributed by atoms with E-state index in [9.17, 15) is 18.0 Å². The number of amides is 1. The number of nitriles is 1. The van der Waals surface area contributed by atoms with Crippen LogP contribution in [0, 0.1) is 17.2 Å².